The molecule has 4 aliphatic rings. The maximum atomic E-state index is 13.4. The zero-order chi connectivity index (χ0) is 21.2. The van der Waals surface area contributed by atoms with E-state index < -0.39 is 6.04 Å². The lowest BCUT2D eigenvalue weighted by atomic mass is 9.85. The Morgan fingerprint density at radius 2 is 1.67 bits per heavy atom. The van der Waals surface area contributed by atoms with Gasteiger partial charge in [-0.2, -0.15) is 0 Å². The second-order valence-corrected chi connectivity index (χ2v) is 9.64. The summed E-state index contributed by atoms with van der Waals surface area (Å²) in [7, 11) is 0. The number of likely N-dealkylation sites (tertiary alicyclic amines) is 2. The van der Waals surface area contributed by atoms with Crippen molar-refractivity contribution in [3.8, 4) is 0 Å². The molecular weight excluding hydrogens is 380 g/mol. The van der Waals surface area contributed by atoms with Gasteiger partial charge in [0.25, 0.3) is 0 Å². The Balaban J connectivity index is 1.46. The van der Waals surface area contributed by atoms with Gasteiger partial charge in [-0.05, 0) is 70.4 Å². The van der Waals surface area contributed by atoms with Crippen LogP contribution in [0.25, 0.3) is 0 Å². The molecule has 3 amide bonds. The Morgan fingerprint density at radius 1 is 1.07 bits per heavy atom. The Labute approximate surface area is 177 Å². The Morgan fingerprint density at radius 3 is 2.20 bits per heavy atom. The normalized spacial score (nSPS) is 36.0. The first kappa shape index (κ1) is 19.6. The van der Waals surface area contributed by atoms with E-state index in [0.29, 0.717) is 11.5 Å². The van der Waals surface area contributed by atoms with Crippen LogP contribution < -0.4 is 0 Å². The highest BCUT2D eigenvalue weighted by molar-refractivity contribution is 6.07. The van der Waals surface area contributed by atoms with Crippen LogP contribution in [-0.4, -0.2) is 39.6 Å². The van der Waals surface area contributed by atoms with E-state index in [1.54, 1.807) is 6.07 Å². The van der Waals surface area contributed by atoms with Crippen LogP contribution in [0.1, 0.15) is 63.5 Å². The molecule has 0 radical (unpaired) electrons. The lowest BCUT2D eigenvalue weighted by molar-refractivity contribution is -0.147. The van der Waals surface area contributed by atoms with E-state index in [0.717, 1.165) is 25.7 Å². The Hall–Kier alpha value is -2.37. The number of fused-ring (bicyclic) bond motifs is 5. The van der Waals surface area contributed by atoms with Gasteiger partial charge in [0.1, 0.15) is 17.6 Å². The smallest absolute Gasteiger partial charge is 0.234 e. The standard InChI is InChI=1S/C24H30N2O4/c1-13-5-4-6-14(2)25(13)20(27)12-18(19-10-7-15(3)30-19)26-23(28)21-16-8-9-17(11-16)22(21)24(26)29/h7-10,13-14,16-18,21-22H,4-6,11-12H2,1-3H3. The third-order valence-electron chi connectivity index (χ3n) is 7.76. The van der Waals surface area contributed by atoms with Crippen LogP contribution in [-0.2, 0) is 14.4 Å². The average molecular weight is 411 g/mol. The molecule has 3 heterocycles. The van der Waals surface area contributed by atoms with Crippen LogP contribution in [0, 0.1) is 30.6 Å². The van der Waals surface area contributed by atoms with Gasteiger partial charge in [-0.3, -0.25) is 19.3 Å². The van der Waals surface area contributed by atoms with Crippen molar-refractivity contribution in [3.05, 3.63) is 35.8 Å². The molecule has 7 atom stereocenters. The van der Waals surface area contributed by atoms with Crippen molar-refractivity contribution in [1.82, 2.24) is 9.80 Å². The number of hydrogen-bond donors (Lipinski definition) is 0. The maximum Gasteiger partial charge on any atom is 0.234 e. The molecule has 2 saturated heterocycles. The summed E-state index contributed by atoms with van der Waals surface area (Å²) in [5.41, 5.74) is 0. The number of piperidine rings is 1. The van der Waals surface area contributed by atoms with Crippen molar-refractivity contribution < 1.29 is 18.8 Å². The Kier molecular flexibility index (Phi) is 4.64. The average Bonchev–Trinajstić information content (AvgIpc) is 3.45. The predicted octanol–water partition coefficient (Wildman–Crippen LogP) is 3.62. The number of amides is 3. The molecule has 5 rings (SSSR count). The molecule has 1 saturated carbocycles. The number of imide groups is 1. The molecule has 7 unspecified atom stereocenters. The molecule has 2 aliphatic heterocycles. The molecule has 160 valence electrons. The molecule has 6 heteroatoms. The first-order valence-corrected chi connectivity index (χ1v) is 11.3. The number of hydrogen-bond acceptors (Lipinski definition) is 4. The van der Waals surface area contributed by atoms with Crippen molar-refractivity contribution in [2.45, 2.75) is 71.0 Å². The monoisotopic (exact) mass is 410 g/mol. The summed E-state index contributed by atoms with van der Waals surface area (Å²) >= 11 is 0. The lowest BCUT2D eigenvalue weighted by Gasteiger charge is -2.40. The second-order valence-electron chi connectivity index (χ2n) is 9.64. The van der Waals surface area contributed by atoms with E-state index in [1.807, 2.05) is 17.9 Å². The number of furan rings is 1. The van der Waals surface area contributed by atoms with Crippen LogP contribution in [0.15, 0.2) is 28.7 Å². The Bertz CT molecular complexity index is 878. The molecule has 0 N–H and O–H groups in total. The molecule has 2 aliphatic carbocycles. The molecule has 30 heavy (non-hydrogen) atoms. The van der Waals surface area contributed by atoms with Crippen molar-refractivity contribution >= 4 is 17.7 Å². The quantitative estimate of drug-likeness (QED) is 0.562. The van der Waals surface area contributed by atoms with Gasteiger partial charge >= 0.3 is 0 Å². The van der Waals surface area contributed by atoms with E-state index in [9.17, 15) is 14.4 Å². The second kappa shape index (κ2) is 7.10. The first-order valence-electron chi connectivity index (χ1n) is 11.3. The van der Waals surface area contributed by atoms with Crippen molar-refractivity contribution in [1.29, 1.82) is 0 Å². The fourth-order valence-corrected chi connectivity index (χ4v) is 6.37. The SMILES string of the molecule is Cc1ccc(C(CC(=O)N2C(C)CCCC2C)N2C(=O)C3C4C=CC(C4)C3C2=O)o1. The number of nitrogens with zero attached hydrogens (tertiary/aromatic N) is 2. The van der Waals surface area contributed by atoms with Gasteiger partial charge in [0.05, 0.1) is 18.3 Å². The highest BCUT2D eigenvalue weighted by Gasteiger charge is 2.61. The minimum absolute atomic E-state index is 0.00694. The van der Waals surface area contributed by atoms with E-state index in [4.69, 9.17) is 4.42 Å². The van der Waals surface area contributed by atoms with Gasteiger partial charge in [-0.15, -0.1) is 0 Å². The van der Waals surface area contributed by atoms with Crippen molar-refractivity contribution in [2.75, 3.05) is 0 Å². The highest BCUT2D eigenvalue weighted by atomic mass is 16.3. The number of allylic oxidation sites excluding steroid dienone is 2. The summed E-state index contributed by atoms with van der Waals surface area (Å²) in [6, 6.07) is 3.31. The zero-order valence-electron chi connectivity index (χ0n) is 17.9. The van der Waals surface area contributed by atoms with Gasteiger partial charge in [0.2, 0.25) is 17.7 Å². The van der Waals surface area contributed by atoms with Crippen LogP contribution >= 0.6 is 0 Å². The molecule has 1 aromatic rings. The minimum Gasteiger partial charge on any atom is -0.464 e. The summed E-state index contributed by atoms with van der Waals surface area (Å²) in [5.74, 6) is 0.734. The number of rotatable bonds is 4. The van der Waals surface area contributed by atoms with Crippen molar-refractivity contribution in [3.63, 3.8) is 0 Å². The van der Waals surface area contributed by atoms with E-state index in [-0.39, 0.29) is 59.9 Å². The lowest BCUT2D eigenvalue weighted by Crippen LogP contribution is -2.49. The number of carbonyl (C=O) groups excluding carboxylic acids is 3. The third-order valence-corrected chi connectivity index (χ3v) is 7.76. The molecule has 1 aromatic heterocycles. The fraction of sp³-hybridized carbons (Fsp3) is 0.625. The van der Waals surface area contributed by atoms with Gasteiger partial charge in [-0.25, -0.2) is 0 Å². The fourth-order valence-electron chi connectivity index (χ4n) is 6.37. The largest absolute Gasteiger partial charge is 0.464 e. The van der Waals surface area contributed by atoms with Gasteiger partial charge in [0.15, 0.2) is 0 Å². The van der Waals surface area contributed by atoms with Crippen LogP contribution in [0.5, 0.6) is 0 Å². The van der Waals surface area contributed by atoms with E-state index in [1.165, 1.54) is 4.90 Å². The predicted molar refractivity (Wildman–Crippen MR) is 110 cm³/mol. The summed E-state index contributed by atoms with van der Waals surface area (Å²) in [5, 5.41) is 0. The highest BCUT2D eigenvalue weighted by Crippen LogP contribution is 2.54. The molecule has 6 nitrogen and oxygen atoms in total. The van der Waals surface area contributed by atoms with E-state index in [2.05, 4.69) is 26.0 Å². The maximum absolute atomic E-state index is 13.4. The summed E-state index contributed by atoms with van der Waals surface area (Å²) in [6.45, 7) is 6.00. The zero-order valence-corrected chi connectivity index (χ0v) is 17.9. The van der Waals surface area contributed by atoms with Gasteiger partial charge < -0.3 is 9.32 Å². The van der Waals surface area contributed by atoms with Crippen LogP contribution in [0.4, 0.5) is 0 Å². The summed E-state index contributed by atoms with van der Waals surface area (Å²) in [4.78, 5) is 43.5. The summed E-state index contributed by atoms with van der Waals surface area (Å²) < 4.78 is 5.86. The number of aryl methyl sites for hydroxylation is 1. The van der Waals surface area contributed by atoms with Crippen LogP contribution in [0.3, 0.4) is 0 Å². The number of carbonyl (C=O) groups is 3. The first-order chi connectivity index (χ1) is 14.4. The van der Waals surface area contributed by atoms with Crippen LogP contribution in [0.2, 0.25) is 0 Å². The molecule has 0 spiro atoms. The summed E-state index contributed by atoms with van der Waals surface area (Å²) in [6.07, 6.45) is 8.26. The van der Waals surface area contributed by atoms with Gasteiger partial charge in [-0.1, -0.05) is 12.2 Å². The van der Waals surface area contributed by atoms with E-state index >= 15 is 0 Å². The molecule has 2 bridgehead atoms. The van der Waals surface area contributed by atoms with Gasteiger partial charge in [0, 0.05) is 12.1 Å². The molecular formula is C24H30N2O4. The van der Waals surface area contributed by atoms with Crippen molar-refractivity contribution in [2.24, 2.45) is 23.7 Å². The third kappa shape index (κ3) is 2.87. The topological polar surface area (TPSA) is 70.8 Å². The molecule has 0 aromatic carbocycles. The minimum atomic E-state index is -0.669. The molecule has 3 fully saturated rings.